The summed E-state index contributed by atoms with van der Waals surface area (Å²) in [5, 5.41) is 3.82. The summed E-state index contributed by atoms with van der Waals surface area (Å²) in [6.45, 7) is 3.97. The van der Waals surface area contributed by atoms with Gasteiger partial charge in [-0.3, -0.25) is 4.79 Å². The van der Waals surface area contributed by atoms with E-state index < -0.39 is 0 Å². The van der Waals surface area contributed by atoms with E-state index in [-0.39, 0.29) is 11.4 Å². The fraction of sp³-hybridized carbons (Fsp3) is 0.500. The Kier molecular flexibility index (Phi) is 5.66. The quantitative estimate of drug-likeness (QED) is 0.816. The van der Waals surface area contributed by atoms with Gasteiger partial charge in [0, 0.05) is 10.9 Å². The lowest BCUT2D eigenvalue weighted by Crippen LogP contribution is -2.43. The third-order valence-corrected chi connectivity index (χ3v) is 3.22. The van der Waals surface area contributed by atoms with E-state index in [2.05, 4.69) is 21.2 Å². The molecule has 1 aromatic rings. The molecule has 0 aliphatic rings. The van der Waals surface area contributed by atoms with E-state index in [1.165, 1.54) is 0 Å². The molecule has 4 nitrogen and oxygen atoms in total. The number of benzene rings is 1. The molecule has 0 atom stereocenters. The molecule has 0 saturated carbocycles. The van der Waals surface area contributed by atoms with Crippen LogP contribution in [0.2, 0.25) is 0 Å². The van der Waals surface area contributed by atoms with Crippen LogP contribution in [0.15, 0.2) is 18.2 Å². The van der Waals surface area contributed by atoms with Crippen LogP contribution in [0.3, 0.4) is 0 Å². The molecule has 0 aliphatic heterocycles. The van der Waals surface area contributed by atoms with Crippen molar-refractivity contribution in [3.63, 3.8) is 0 Å². The van der Waals surface area contributed by atoms with Crippen molar-refractivity contribution < 1.29 is 14.3 Å². The Balaban J connectivity index is 2.97. The molecule has 106 valence electrons. The number of rotatable bonds is 6. The van der Waals surface area contributed by atoms with E-state index in [4.69, 9.17) is 9.47 Å². The minimum atomic E-state index is -0.283. The number of methoxy groups -OCH3 is 2. The van der Waals surface area contributed by atoms with E-state index >= 15 is 0 Å². The van der Waals surface area contributed by atoms with Crippen molar-refractivity contribution in [1.29, 1.82) is 0 Å². The number of hydrogen-bond donors (Lipinski definition) is 1. The molecular weight excluding hydrogens is 310 g/mol. The first-order valence-electron chi connectivity index (χ1n) is 6.04. The SMILES string of the molecule is COc1ccc(OC)c(C(=O)NC(C)(C)CCBr)c1. The monoisotopic (exact) mass is 329 g/mol. The zero-order chi connectivity index (χ0) is 14.5. The third kappa shape index (κ3) is 4.42. The van der Waals surface area contributed by atoms with Crippen molar-refractivity contribution in [2.75, 3.05) is 19.5 Å². The van der Waals surface area contributed by atoms with Crippen molar-refractivity contribution in [2.45, 2.75) is 25.8 Å². The first kappa shape index (κ1) is 15.8. The first-order valence-corrected chi connectivity index (χ1v) is 7.16. The first-order chi connectivity index (χ1) is 8.93. The van der Waals surface area contributed by atoms with Gasteiger partial charge in [-0.05, 0) is 38.5 Å². The molecular formula is C14H20BrNO3. The van der Waals surface area contributed by atoms with Crippen LogP contribution in [0.25, 0.3) is 0 Å². The maximum absolute atomic E-state index is 12.3. The van der Waals surface area contributed by atoms with Crippen molar-refractivity contribution in [1.82, 2.24) is 5.32 Å². The van der Waals surface area contributed by atoms with E-state index in [1.807, 2.05) is 13.8 Å². The number of ether oxygens (including phenoxy) is 2. The second-order valence-electron chi connectivity index (χ2n) is 4.84. The van der Waals surface area contributed by atoms with Gasteiger partial charge in [-0.25, -0.2) is 0 Å². The van der Waals surface area contributed by atoms with Gasteiger partial charge in [-0.2, -0.15) is 0 Å². The largest absolute Gasteiger partial charge is 0.497 e. The molecule has 0 heterocycles. The highest BCUT2D eigenvalue weighted by molar-refractivity contribution is 9.09. The molecule has 19 heavy (non-hydrogen) atoms. The Morgan fingerprint density at radius 1 is 1.32 bits per heavy atom. The van der Waals surface area contributed by atoms with Gasteiger partial charge in [0.05, 0.1) is 19.8 Å². The van der Waals surface area contributed by atoms with E-state index in [0.29, 0.717) is 17.1 Å². The summed E-state index contributed by atoms with van der Waals surface area (Å²) < 4.78 is 10.4. The Morgan fingerprint density at radius 2 is 2.00 bits per heavy atom. The van der Waals surface area contributed by atoms with Gasteiger partial charge in [0.15, 0.2) is 0 Å². The molecule has 1 amide bonds. The maximum atomic E-state index is 12.3. The molecule has 0 unspecified atom stereocenters. The fourth-order valence-electron chi connectivity index (χ4n) is 1.66. The molecule has 0 bridgehead atoms. The Bertz CT molecular complexity index is 446. The van der Waals surface area contributed by atoms with Crippen LogP contribution in [-0.4, -0.2) is 31.0 Å². The Labute approximate surface area is 122 Å². The van der Waals surface area contributed by atoms with Gasteiger partial charge in [-0.1, -0.05) is 15.9 Å². The number of nitrogens with one attached hydrogen (secondary N) is 1. The lowest BCUT2D eigenvalue weighted by molar-refractivity contribution is 0.0908. The zero-order valence-corrected chi connectivity index (χ0v) is 13.3. The van der Waals surface area contributed by atoms with Crippen LogP contribution in [0.4, 0.5) is 0 Å². The average molecular weight is 330 g/mol. The van der Waals surface area contributed by atoms with Crippen LogP contribution in [0, 0.1) is 0 Å². The van der Waals surface area contributed by atoms with Gasteiger partial charge >= 0.3 is 0 Å². The van der Waals surface area contributed by atoms with Gasteiger partial charge in [-0.15, -0.1) is 0 Å². The molecule has 0 radical (unpaired) electrons. The predicted molar refractivity (Wildman–Crippen MR) is 79.5 cm³/mol. The van der Waals surface area contributed by atoms with Crippen molar-refractivity contribution in [3.8, 4) is 11.5 Å². The van der Waals surface area contributed by atoms with Crippen molar-refractivity contribution in [2.24, 2.45) is 0 Å². The highest BCUT2D eigenvalue weighted by Gasteiger charge is 2.22. The third-order valence-electron chi connectivity index (χ3n) is 2.82. The number of amides is 1. The number of alkyl halides is 1. The minimum absolute atomic E-state index is 0.165. The number of carbonyl (C=O) groups is 1. The molecule has 0 fully saturated rings. The summed E-state index contributed by atoms with van der Waals surface area (Å²) in [5.41, 5.74) is 0.193. The maximum Gasteiger partial charge on any atom is 0.255 e. The number of halogens is 1. The lowest BCUT2D eigenvalue weighted by Gasteiger charge is -2.26. The van der Waals surface area contributed by atoms with Gasteiger partial charge < -0.3 is 14.8 Å². The lowest BCUT2D eigenvalue weighted by atomic mass is 10.0. The molecule has 1 aromatic carbocycles. The molecule has 0 aliphatic carbocycles. The van der Waals surface area contributed by atoms with Crippen LogP contribution >= 0.6 is 15.9 Å². The second-order valence-corrected chi connectivity index (χ2v) is 5.64. The fourth-order valence-corrected chi connectivity index (χ4v) is 2.66. The van der Waals surface area contributed by atoms with Crippen LogP contribution in [0.1, 0.15) is 30.6 Å². The smallest absolute Gasteiger partial charge is 0.255 e. The molecule has 5 heteroatoms. The molecule has 1 N–H and O–H groups in total. The molecule has 0 aromatic heterocycles. The highest BCUT2D eigenvalue weighted by atomic mass is 79.9. The minimum Gasteiger partial charge on any atom is -0.497 e. The number of carbonyl (C=O) groups excluding carboxylic acids is 1. The highest BCUT2D eigenvalue weighted by Crippen LogP contribution is 2.24. The topological polar surface area (TPSA) is 47.6 Å². The Hall–Kier alpha value is -1.23. The summed E-state index contributed by atoms with van der Waals surface area (Å²) in [7, 11) is 3.11. The van der Waals surface area contributed by atoms with Crippen molar-refractivity contribution in [3.05, 3.63) is 23.8 Å². The summed E-state index contributed by atoms with van der Waals surface area (Å²) in [5.74, 6) is 0.999. The van der Waals surface area contributed by atoms with E-state index in [1.54, 1.807) is 32.4 Å². The molecule has 0 saturated heterocycles. The van der Waals surface area contributed by atoms with Crippen LogP contribution in [-0.2, 0) is 0 Å². The normalized spacial score (nSPS) is 11.0. The van der Waals surface area contributed by atoms with E-state index in [0.717, 1.165) is 11.8 Å². The standard InChI is InChI=1S/C14H20BrNO3/c1-14(2,7-8-15)16-13(17)11-9-10(18-3)5-6-12(11)19-4/h5-6,9H,7-8H2,1-4H3,(H,16,17). The molecule has 1 rings (SSSR count). The summed E-state index contributed by atoms with van der Waals surface area (Å²) in [4.78, 5) is 12.3. The average Bonchev–Trinajstić information content (AvgIpc) is 2.37. The van der Waals surface area contributed by atoms with Gasteiger partial charge in [0.1, 0.15) is 11.5 Å². The zero-order valence-electron chi connectivity index (χ0n) is 11.7. The van der Waals surface area contributed by atoms with Crippen LogP contribution < -0.4 is 14.8 Å². The van der Waals surface area contributed by atoms with Gasteiger partial charge in [0.25, 0.3) is 5.91 Å². The summed E-state index contributed by atoms with van der Waals surface area (Å²) in [6.07, 6.45) is 0.838. The number of hydrogen-bond acceptors (Lipinski definition) is 3. The summed E-state index contributed by atoms with van der Waals surface area (Å²) >= 11 is 3.39. The van der Waals surface area contributed by atoms with Crippen molar-refractivity contribution >= 4 is 21.8 Å². The summed E-state index contributed by atoms with van der Waals surface area (Å²) in [6, 6.07) is 5.17. The van der Waals surface area contributed by atoms with E-state index in [9.17, 15) is 4.79 Å². The predicted octanol–water partition coefficient (Wildman–Crippen LogP) is 3.00. The Morgan fingerprint density at radius 3 is 2.53 bits per heavy atom. The second kappa shape index (κ2) is 6.80. The van der Waals surface area contributed by atoms with Crippen LogP contribution in [0.5, 0.6) is 11.5 Å². The van der Waals surface area contributed by atoms with Gasteiger partial charge in [0.2, 0.25) is 0 Å². The molecule has 0 spiro atoms.